The van der Waals surface area contributed by atoms with Gasteiger partial charge >= 0.3 is 11.9 Å². The number of Topliss-reactive ketones (excluding diaryl/α,β-unsaturated/α-hetero) is 1. The number of rotatable bonds is 14. The van der Waals surface area contributed by atoms with Crippen molar-refractivity contribution >= 4 is 29.7 Å². The number of nitrogens with zero attached hydrogens (tertiary/aromatic N) is 4. The van der Waals surface area contributed by atoms with E-state index in [9.17, 15) is 24.3 Å². The molecule has 8 atom stereocenters. The summed E-state index contributed by atoms with van der Waals surface area (Å²) in [6, 6.07) is 3.85. The molecule has 0 aliphatic heterocycles. The second kappa shape index (κ2) is 16.4. The Kier molecular flexibility index (Phi) is 12.6. The Morgan fingerprint density at radius 2 is 1.64 bits per heavy atom. The number of likely N-dealkylation sites (N-methyl/N-ethyl adjacent to an activating group) is 1. The summed E-state index contributed by atoms with van der Waals surface area (Å²) in [5.41, 5.74) is 2.54. The molecular formula is C50H76N4O7. The molecule has 0 spiro atoms. The van der Waals surface area contributed by atoms with Crippen LogP contribution in [0, 0.1) is 56.2 Å². The molecule has 1 aromatic rings. The van der Waals surface area contributed by atoms with Gasteiger partial charge in [-0.05, 0) is 143 Å². The lowest BCUT2D eigenvalue weighted by atomic mass is 9.33. The number of aldehydes is 1. The van der Waals surface area contributed by atoms with Crippen LogP contribution in [0.1, 0.15) is 133 Å². The lowest BCUT2D eigenvalue weighted by Crippen LogP contribution is -2.66. The molecule has 11 nitrogen and oxygen atoms in total. The van der Waals surface area contributed by atoms with E-state index in [1.807, 2.05) is 26.1 Å². The zero-order chi connectivity index (χ0) is 45.2. The Balaban J connectivity index is 1.40. The maximum Gasteiger partial charge on any atom is 0.309 e. The van der Waals surface area contributed by atoms with Gasteiger partial charge < -0.3 is 19.5 Å². The van der Waals surface area contributed by atoms with Gasteiger partial charge in [0, 0.05) is 42.5 Å². The third kappa shape index (κ3) is 7.54. The Hall–Kier alpha value is -3.73. The van der Waals surface area contributed by atoms with Crippen LogP contribution in [0.3, 0.4) is 0 Å². The Morgan fingerprint density at radius 3 is 2.21 bits per heavy atom. The number of fused-ring (bicyclic) bond motifs is 7. The van der Waals surface area contributed by atoms with Gasteiger partial charge in [0.15, 0.2) is 5.78 Å². The zero-order valence-electron chi connectivity index (χ0n) is 39.9. The largest absolute Gasteiger partial charge is 0.481 e. The number of esters is 1. The van der Waals surface area contributed by atoms with Crippen molar-refractivity contribution in [2.75, 3.05) is 46.4 Å². The van der Waals surface area contributed by atoms with Crippen LogP contribution in [0.2, 0.25) is 0 Å². The molecule has 0 bridgehead atoms. The molecule has 0 radical (unpaired) electrons. The van der Waals surface area contributed by atoms with Gasteiger partial charge in [-0.15, -0.1) is 0 Å². The first-order chi connectivity index (χ1) is 28.4. The van der Waals surface area contributed by atoms with Gasteiger partial charge in [-0.2, -0.15) is 0 Å². The SMILES string of the molecule is COc1ccc(N(C)N(CCN(C)C)/C(=C(/C)C=O)C23CC[C@]4(C)C(CCC5C6(C)CCC(OC(=O)CC(C)(C)C(=O)O)C(C)(C)C6CCC54C)C2=C(C(C)C)C(=O)C3)cn1. The van der Waals surface area contributed by atoms with Crippen molar-refractivity contribution < 1.29 is 33.8 Å². The predicted octanol–water partition coefficient (Wildman–Crippen LogP) is 9.17. The van der Waals surface area contributed by atoms with Gasteiger partial charge in [0.25, 0.3) is 0 Å². The topological polar surface area (TPSA) is 130 Å². The third-order valence-corrected chi connectivity index (χ3v) is 17.5. The van der Waals surface area contributed by atoms with Crippen LogP contribution >= 0.6 is 0 Å². The second-order valence-electron chi connectivity index (χ2n) is 22.1. The number of pyridine rings is 1. The number of allylic oxidation sites excluding steroid dienone is 3. The molecule has 0 amide bonds. The number of hydrogen-bond donors (Lipinski definition) is 1. The van der Waals surface area contributed by atoms with Crippen LogP contribution in [-0.4, -0.2) is 91.5 Å². The van der Waals surface area contributed by atoms with E-state index in [4.69, 9.17) is 9.47 Å². The highest BCUT2D eigenvalue weighted by atomic mass is 16.5. The summed E-state index contributed by atoms with van der Waals surface area (Å²) in [4.78, 5) is 59.8. The van der Waals surface area contributed by atoms with E-state index < -0.39 is 22.8 Å². The number of methoxy groups -OCH3 is 1. The number of aliphatic carboxylic acids is 1. The summed E-state index contributed by atoms with van der Waals surface area (Å²) < 4.78 is 11.6. The first-order valence-corrected chi connectivity index (χ1v) is 22.9. The monoisotopic (exact) mass is 845 g/mol. The van der Waals surface area contributed by atoms with E-state index in [0.29, 0.717) is 36.3 Å². The number of aromatic nitrogens is 1. The fraction of sp³-hybridized carbons (Fsp3) is 0.740. The van der Waals surface area contributed by atoms with Gasteiger partial charge in [0.2, 0.25) is 5.88 Å². The molecule has 338 valence electrons. The molecule has 5 aliphatic carbocycles. The van der Waals surface area contributed by atoms with E-state index in [1.165, 1.54) is 5.57 Å². The fourth-order valence-corrected chi connectivity index (χ4v) is 14.1. The molecule has 0 saturated heterocycles. The van der Waals surface area contributed by atoms with Crippen molar-refractivity contribution in [3.05, 3.63) is 40.7 Å². The van der Waals surface area contributed by atoms with E-state index in [1.54, 1.807) is 27.2 Å². The average Bonchev–Trinajstić information content (AvgIpc) is 3.49. The minimum atomic E-state index is -1.19. The van der Waals surface area contributed by atoms with E-state index in [2.05, 4.69) is 82.5 Å². The van der Waals surface area contributed by atoms with Crippen LogP contribution in [0.4, 0.5) is 5.69 Å². The predicted molar refractivity (Wildman–Crippen MR) is 239 cm³/mol. The number of anilines is 1. The Morgan fingerprint density at radius 1 is 0.951 bits per heavy atom. The van der Waals surface area contributed by atoms with Crippen molar-refractivity contribution in [3.63, 3.8) is 0 Å². The summed E-state index contributed by atoms with van der Waals surface area (Å²) in [6.45, 7) is 23.0. The number of ether oxygens (including phenoxy) is 2. The van der Waals surface area contributed by atoms with Crippen LogP contribution in [0.5, 0.6) is 5.88 Å². The summed E-state index contributed by atoms with van der Waals surface area (Å²) in [5, 5.41) is 14.1. The van der Waals surface area contributed by atoms with Gasteiger partial charge in [0.1, 0.15) is 12.4 Å². The molecule has 1 heterocycles. The highest BCUT2D eigenvalue weighted by Gasteiger charge is 2.71. The summed E-state index contributed by atoms with van der Waals surface area (Å²) in [6.07, 6.45) is 10.3. The van der Waals surface area contributed by atoms with E-state index in [-0.39, 0.29) is 51.8 Å². The summed E-state index contributed by atoms with van der Waals surface area (Å²) in [7, 11) is 7.76. The first-order valence-electron chi connectivity index (χ1n) is 22.9. The first kappa shape index (κ1) is 46.8. The van der Waals surface area contributed by atoms with Gasteiger partial charge in [-0.1, -0.05) is 48.5 Å². The molecule has 4 saturated carbocycles. The number of carboxylic acid groups (broad SMARTS) is 1. The number of carboxylic acids is 1. The molecule has 7 unspecified atom stereocenters. The van der Waals surface area contributed by atoms with Crippen molar-refractivity contribution in [2.24, 2.45) is 56.2 Å². The lowest BCUT2D eigenvalue weighted by Gasteiger charge is -2.72. The van der Waals surface area contributed by atoms with Gasteiger partial charge in [0.05, 0.1) is 43.1 Å². The summed E-state index contributed by atoms with van der Waals surface area (Å²) >= 11 is 0. The molecule has 61 heavy (non-hydrogen) atoms. The lowest BCUT2D eigenvalue weighted by molar-refractivity contribution is -0.233. The Labute approximate surface area is 366 Å². The van der Waals surface area contributed by atoms with Crippen molar-refractivity contribution in [1.29, 1.82) is 0 Å². The van der Waals surface area contributed by atoms with Crippen molar-refractivity contribution in [2.45, 2.75) is 140 Å². The number of carbonyl (C=O) groups is 4. The standard InChI is InChI=1S/C50H76N4O7/c1-31(2)41-35(56)27-50(43(32(3)30-55)54(26-25-52(11)12)53(13)33-15-18-39(60-14)51-29-33)24-23-48(9)34(42(41)50)16-17-37-47(8)21-20-38(61-40(57)28-45(4,5)44(58)59)46(6,7)36(47)19-22-49(37,48)10/h15,18,29-31,34,36-38H,16-17,19-28H2,1-14H3,(H,58,59)/b43-32-/t34?,36?,37?,38?,47?,48-,49?,50?/m1/s1. The smallest absolute Gasteiger partial charge is 0.309 e. The zero-order valence-corrected chi connectivity index (χ0v) is 39.9. The Bertz CT molecular complexity index is 1950. The molecule has 1 aromatic heterocycles. The number of hydrogen-bond acceptors (Lipinski definition) is 10. The molecular weight excluding hydrogens is 769 g/mol. The average molecular weight is 845 g/mol. The molecule has 0 aromatic carbocycles. The molecule has 6 rings (SSSR count). The highest BCUT2D eigenvalue weighted by Crippen LogP contribution is 2.77. The van der Waals surface area contributed by atoms with Crippen LogP contribution < -0.4 is 9.75 Å². The quantitative estimate of drug-likeness (QED) is 0.0833. The fourth-order valence-electron chi connectivity index (χ4n) is 14.1. The van der Waals surface area contributed by atoms with Crippen molar-refractivity contribution in [3.8, 4) is 5.88 Å². The van der Waals surface area contributed by atoms with Crippen LogP contribution in [-0.2, 0) is 23.9 Å². The summed E-state index contributed by atoms with van der Waals surface area (Å²) in [5.74, 6) is 0.298. The minimum absolute atomic E-state index is 0.0142. The molecule has 11 heteroatoms. The van der Waals surface area contributed by atoms with Gasteiger partial charge in [-0.3, -0.25) is 29.2 Å². The third-order valence-electron chi connectivity index (χ3n) is 17.5. The maximum atomic E-state index is 14.8. The highest BCUT2D eigenvalue weighted by molar-refractivity contribution is 6.01. The van der Waals surface area contributed by atoms with Crippen LogP contribution in [0.15, 0.2) is 40.7 Å². The maximum absolute atomic E-state index is 14.8. The molecule has 5 aliphatic rings. The number of carbonyl (C=O) groups excluding carboxylic acids is 3. The molecule has 4 fully saturated rings. The number of hydrazine groups is 1. The van der Waals surface area contributed by atoms with E-state index in [0.717, 1.165) is 81.2 Å². The van der Waals surface area contributed by atoms with Crippen molar-refractivity contribution in [1.82, 2.24) is 14.9 Å². The normalized spacial score (nSPS) is 33.5. The second-order valence-corrected chi connectivity index (χ2v) is 22.1. The number of ketones is 1. The molecule has 1 N–H and O–H groups in total. The van der Waals surface area contributed by atoms with Crippen LogP contribution in [0.25, 0.3) is 0 Å². The minimum Gasteiger partial charge on any atom is -0.481 e. The van der Waals surface area contributed by atoms with Gasteiger partial charge in [-0.25, -0.2) is 4.98 Å². The van der Waals surface area contributed by atoms with E-state index >= 15 is 0 Å².